The summed E-state index contributed by atoms with van der Waals surface area (Å²) in [6.45, 7) is 2.74. The molecule has 7 heteroatoms. The molecule has 2 rings (SSSR count). The monoisotopic (exact) mass is 302 g/mol. The number of nitrogens with zero attached hydrogens (tertiary/aromatic N) is 2. The molecule has 0 bridgehead atoms. The minimum atomic E-state index is -1.01. The first-order valence-electron chi connectivity index (χ1n) is 6.91. The van der Waals surface area contributed by atoms with Crippen LogP contribution in [0.3, 0.4) is 0 Å². The van der Waals surface area contributed by atoms with Gasteiger partial charge in [-0.3, -0.25) is 9.48 Å². The molecule has 1 heterocycles. The number of carboxylic acids is 1. The molecule has 1 amide bonds. The lowest BCUT2D eigenvalue weighted by Gasteiger charge is -2.11. The van der Waals surface area contributed by atoms with Gasteiger partial charge in [0.25, 0.3) is 0 Å². The lowest BCUT2D eigenvalue weighted by Crippen LogP contribution is -2.37. The van der Waals surface area contributed by atoms with Gasteiger partial charge in [-0.15, -0.1) is 0 Å². The summed E-state index contributed by atoms with van der Waals surface area (Å²) in [5, 5.41) is 15.8. The molecule has 0 aliphatic carbocycles. The molecule has 0 aliphatic rings. The summed E-state index contributed by atoms with van der Waals surface area (Å²) in [5.74, 6) is -1.35. The van der Waals surface area contributed by atoms with E-state index in [9.17, 15) is 9.59 Å². The van der Waals surface area contributed by atoms with Crippen molar-refractivity contribution >= 4 is 17.6 Å². The number of aryl methyl sites for hydroxylation is 1. The third kappa shape index (κ3) is 3.92. The highest BCUT2D eigenvalue weighted by Crippen LogP contribution is 2.10. The van der Waals surface area contributed by atoms with Gasteiger partial charge in [0.15, 0.2) is 0 Å². The Kier molecular flexibility index (Phi) is 4.90. The van der Waals surface area contributed by atoms with Crippen molar-refractivity contribution < 1.29 is 14.7 Å². The number of aromatic nitrogens is 2. The lowest BCUT2D eigenvalue weighted by molar-refractivity contribution is -0.117. The molecule has 2 aromatic rings. The quantitative estimate of drug-likeness (QED) is 0.740. The van der Waals surface area contributed by atoms with Crippen LogP contribution < -0.4 is 11.1 Å². The number of carbonyl (C=O) groups is 2. The molecule has 1 aromatic carbocycles. The van der Waals surface area contributed by atoms with Crippen LogP contribution in [0.2, 0.25) is 0 Å². The first-order valence-corrected chi connectivity index (χ1v) is 6.91. The van der Waals surface area contributed by atoms with Crippen LogP contribution in [0.25, 0.3) is 0 Å². The zero-order valence-electron chi connectivity index (χ0n) is 12.2. The number of hydrogen-bond acceptors (Lipinski definition) is 4. The van der Waals surface area contributed by atoms with E-state index >= 15 is 0 Å². The Morgan fingerprint density at radius 1 is 1.32 bits per heavy atom. The van der Waals surface area contributed by atoms with Gasteiger partial charge in [-0.1, -0.05) is 0 Å². The van der Waals surface area contributed by atoms with E-state index in [-0.39, 0.29) is 11.5 Å². The minimum Gasteiger partial charge on any atom is -0.478 e. The van der Waals surface area contributed by atoms with Crippen molar-refractivity contribution in [3.8, 4) is 0 Å². The number of carbonyl (C=O) groups excluding carboxylic acids is 1. The Labute approximate surface area is 127 Å². The number of nitrogens with two attached hydrogens (primary N) is 1. The summed E-state index contributed by atoms with van der Waals surface area (Å²) in [7, 11) is 0. The van der Waals surface area contributed by atoms with Crippen LogP contribution in [0.4, 0.5) is 5.69 Å². The van der Waals surface area contributed by atoms with E-state index in [1.54, 1.807) is 4.68 Å². The second-order valence-electron chi connectivity index (χ2n) is 4.85. The van der Waals surface area contributed by atoms with Crippen LogP contribution in [0.1, 0.15) is 23.0 Å². The number of nitrogens with one attached hydrogen (secondary N) is 1. The molecule has 0 radical (unpaired) electrons. The number of rotatable bonds is 6. The average molecular weight is 302 g/mol. The molecule has 7 nitrogen and oxygen atoms in total. The molecule has 0 aliphatic heterocycles. The maximum absolute atomic E-state index is 12.0. The molecular formula is C15H18N4O3. The van der Waals surface area contributed by atoms with Gasteiger partial charge in [0.1, 0.15) is 0 Å². The van der Waals surface area contributed by atoms with Gasteiger partial charge in [-0.2, -0.15) is 5.10 Å². The van der Waals surface area contributed by atoms with Crippen molar-refractivity contribution in [1.82, 2.24) is 9.78 Å². The SMILES string of the molecule is CCn1ccc(C[C@H](N)C(=O)Nc2ccc(C(=O)O)cc2)n1. The fourth-order valence-electron chi connectivity index (χ4n) is 1.94. The summed E-state index contributed by atoms with van der Waals surface area (Å²) in [6.07, 6.45) is 2.18. The largest absolute Gasteiger partial charge is 0.478 e. The maximum Gasteiger partial charge on any atom is 0.335 e. The van der Waals surface area contributed by atoms with Gasteiger partial charge >= 0.3 is 5.97 Å². The molecule has 1 aromatic heterocycles. The summed E-state index contributed by atoms with van der Waals surface area (Å²) in [5.41, 5.74) is 7.29. The summed E-state index contributed by atoms with van der Waals surface area (Å²) < 4.78 is 1.77. The molecule has 0 saturated heterocycles. The van der Waals surface area contributed by atoms with E-state index in [4.69, 9.17) is 10.8 Å². The van der Waals surface area contributed by atoms with Gasteiger partial charge in [-0.25, -0.2) is 4.79 Å². The zero-order chi connectivity index (χ0) is 16.1. The van der Waals surface area contributed by atoms with Gasteiger partial charge in [0.05, 0.1) is 17.3 Å². The number of amides is 1. The Balaban J connectivity index is 1.94. The van der Waals surface area contributed by atoms with E-state index in [0.717, 1.165) is 12.2 Å². The van der Waals surface area contributed by atoms with Crippen LogP contribution in [0.5, 0.6) is 0 Å². The summed E-state index contributed by atoms with van der Waals surface area (Å²) in [4.78, 5) is 22.8. The number of benzene rings is 1. The van der Waals surface area contributed by atoms with Crippen LogP contribution in [-0.4, -0.2) is 32.8 Å². The number of hydrogen-bond donors (Lipinski definition) is 3. The van der Waals surface area contributed by atoms with E-state index in [0.29, 0.717) is 12.1 Å². The van der Waals surface area contributed by atoms with Crippen molar-refractivity contribution in [2.75, 3.05) is 5.32 Å². The molecule has 0 saturated carbocycles. The van der Waals surface area contributed by atoms with Crippen molar-refractivity contribution in [3.63, 3.8) is 0 Å². The molecule has 0 spiro atoms. The molecular weight excluding hydrogens is 284 g/mol. The third-order valence-corrected chi connectivity index (χ3v) is 3.19. The first kappa shape index (κ1) is 15.7. The van der Waals surface area contributed by atoms with Gasteiger partial charge in [0.2, 0.25) is 5.91 Å². The van der Waals surface area contributed by atoms with E-state index in [1.807, 2.05) is 19.2 Å². The van der Waals surface area contributed by atoms with Crippen molar-refractivity contribution in [3.05, 3.63) is 47.8 Å². The van der Waals surface area contributed by atoms with Crippen molar-refractivity contribution in [2.45, 2.75) is 25.9 Å². The van der Waals surface area contributed by atoms with Crippen molar-refractivity contribution in [1.29, 1.82) is 0 Å². The Hall–Kier alpha value is -2.67. The lowest BCUT2D eigenvalue weighted by atomic mass is 10.1. The third-order valence-electron chi connectivity index (χ3n) is 3.19. The molecule has 1 atom stereocenters. The van der Waals surface area contributed by atoms with Crippen LogP contribution in [0.15, 0.2) is 36.5 Å². The second-order valence-corrected chi connectivity index (χ2v) is 4.85. The predicted molar refractivity (Wildman–Crippen MR) is 81.6 cm³/mol. The molecule has 116 valence electrons. The average Bonchev–Trinajstić information content (AvgIpc) is 2.95. The highest BCUT2D eigenvalue weighted by molar-refractivity contribution is 5.95. The second kappa shape index (κ2) is 6.86. The summed E-state index contributed by atoms with van der Waals surface area (Å²) in [6, 6.07) is 7.01. The number of carboxylic acid groups (broad SMARTS) is 1. The molecule has 0 unspecified atom stereocenters. The molecule has 0 fully saturated rings. The highest BCUT2D eigenvalue weighted by Gasteiger charge is 2.16. The van der Waals surface area contributed by atoms with E-state index in [2.05, 4.69) is 10.4 Å². The Bertz CT molecular complexity index is 664. The molecule has 22 heavy (non-hydrogen) atoms. The number of anilines is 1. The predicted octanol–water partition coefficient (Wildman–Crippen LogP) is 1.11. The first-order chi connectivity index (χ1) is 10.5. The topological polar surface area (TPSA) is 110 Å². The van der Waals surface area contributed by atoms with Gasteiger partial charge in [0, 0.05) is 24.8 Å². The smallest absolute Gasteiger partial charge is 0.335 e. The molecule has 4 N–H and O–H groups in total. The van der Waals surface area contributed by atoms with Gasteiger partial charge < -0.3 is 16.2 Å². The van der Waals surface area contributed by atoms with Gasteiger partial charge in [-0.05, 0) is 37.3 Å². The number of aromatic carboxylic acids is 1. The highest BCUT2D eigenvalue weighted by atomic mass is 16.4. The van der Waals surface area contributed by atoms with E-state index < -0.39 is 12.0 Å². The maximum atomic E-state index is 12.0. The fourth-order valence-corrected chi connectivity index (χ4v) is 1.94. The summed E-state index contributed by atoms with van der Waals surface area (Å²) >= 11 is 0. The fraction of sp³-hybridized carbons (Fsp3) is 0.267. The van der Waals surface area contributed by atoms with Crippen LogP contribution >= 0.6 is 0 Å². The standard InChI is InChI=1S/C15H18N4O3/c1-2-19-8-7-12(18-19)9-13(16)14(20)17-11-5-3-10(4-6-11)15(21)22/h3-8,13H,2,9,16H2,1H3,(H,17,20)(H,21,22)/t13-/m0/s1. The normalized spacial score (nSPS) is 11.9. The Morgan fingerprint density at radius 3 is 2.55 bits per heavy atom. The van der Waals surface area contributed by atoms with Crippen LogP contribution in [0, 0.1) is 0 Å². The van der Waals surface area contributed by atoms with Crippen LogP contribution in [-0.2, 0) is 17.8 Å². The van der Waals surface area contributed by atoms with E-state index in [1.165, 1.54) is 24.3 Å². The Morgan fingerprint density at radius 2 is 2.00 bits per heavy atom. The zero-order valence-corrected chi connectivity index (χ0v) is 12.2. The minimum absolute atomic E-state index is 0.160. The van der Waals surface area contributed by atoms with Crippen molar-refractivity contribution in [2.24, 2.45) is 5.73 Å².